The van der Waals surface area contributed by atoms with Crippen molar-refractivity contribution in [2.45, 2.75) is 18.1 Å². The van der Waals surface area contributed by atoms with Crippen molar-refractivity contribution in [1.82, 2.24) is 20.1 Å². The van der Waals surface area contributed by atoms with E-state index in [1.54, 1.807) is 0 Å². The van der Waals surface area contributed by atoms with Crippen LogP contribution in [0.5, 0.6) is 0 Å². The van der Waals surface area contributed by atoms with Crippen molar-refractivity contribution in [1.29, 1.82) is 0 Å². The number of aromatic nitrogens is 3. The van der Waals surface area contributed by atoms with E-state index >= 15 is 0 Å². The Bertz CT molecular complexity index is 1100. The smallest absolute Gasteiger partial charge is 0.234 e. The van der Waals surface area contributed by atoms with Crippen LogP contribution in [0.2, 0.25) is 0 Å². The highest BCUT2D eigenvalue weighted by Crippen LogP contribution is 2.26. The minimum absolute atomic E-state index is 0.0183. The molecular formula is C24H23N5OS. The topological polar surface area (TPSA) is 71.8 Å². The summed E-state index contributed by atoms with van der Waals surface area (Å²) in [5.41, 5.74) is 2.98. The maximum absolute atomic E-state index is 12.2. The van der Waals surface area contributed by atoms with Gasteiger partial charge < -0.3 is 10.6 Å². The molecule has 156 valence electrons. The lowest BCUT2D eigenvalue weighted by Crippen LogP contribution is -2.23. The molecular weight excluding hydrogens is 406 g/mol. The largest absolute Gasteiger partial charge is 0.352 e. The van der Waals surface area contributed by atoms with Crippen LogP contribution in [0.25, 0.3) is 5.69 Å². The molecule has 0 aliphatic carbocycles. The van der Waals surface area contributed by atoms with Gasteiger partial charge in [0, 0.05) is 24.4 Å². The van der Waals surface area contributed by atoms with Crippen LogP contribution in [0.15, 0.2) is 96.2 Å². The van der Waals surface area contributed by atoms with Gasteiger partial charge in [0.05, 0.1) is 5.69 Å². The Morgan fingerprint density at radius 1 is 0.839 bits per heavy atom. The number of hydrogen-bond acceptors (Lipinski definition) is 5. The highest BCUT2D eigenvalue weighted by atomic mass is 32.2. The van der Waals surface area contributed by atoms with Crippen LogP contribution in [0, 0.1) is 0 Å². The first-order chi connectivity index (χ1) is 15.3. The number of amides is 1. The molecule has 4 aromatic rings. The van der Waals surface area contributed by atoms with E-state index in [0.29, 0.717) is 24.7 Å². The lowest BCUT2D eigenvalue weighted by atomic mass is 10.2. The standard InChI is InChI=1S/C24H23N5OS/c30-22(25-18-19-10-4-1-5-11-19)16-17-31-24-28-27-23(26-20-12-6-2-7-13-20)29(24)21-14-8-3-9-15-21/h1-15H,16-18H2,(H,25,30)(H,26,27). The Kier molecular flexibility index (Phi) is 6.97. The summed E-state index contributed by atoms with van der Waals surface area (Å²) >= 11 is 1.51. The van der Waals surface area contributed by atoms with Crippen molar-refractivity contribution in [2.24, 2.45) is 0 Å². The maximum Gasteiger partial charge on any atom is 0.234 e. The first-order valence-corrected chi connectivity index (χ1v) is 11.0. The van der Waals surface area contributed by atoms with Gasteiger partial charge in [-0.1, -0.05) is 78.5 Å². The molecule has 0 saturated heterocycles. The third-order valence-electron chi connectivity index (χ3n) is 4.57. The fourth-order valence-electron chi connectivity index (χ4n) is 3.02. The van der Waals surface area contributed by atoms with E-state index in [-0.39, 0.29) is 5.91 Å². The number of para-hydroxylation sites is 2. The van der Waals surface area contributed by atoms with Gasteiger partial charge in [0.2, 0.25) is 11.9 Å². The molecule has 0 atom stereocenters. The van der Waals surface area contributed by atoms with E-state index in [4.69, 9.17) is 0 Å². The fourth-order valence-corrected chi connectivity index (χ4v) is 3.91. The quantitative estimate of drug-likeness (QED) is 0.374. The number of carbonyl (C=O) groups is 1. The summed E-state index contributed by atoms with van der Waals surface area (Å²) in [6.45, 7) is 0.537. The Labute approximate surface area is 185 Å². The first kappa shape index (κ1) is 20.7. The van der Waals surface area contributed by atoms with E-state index < -0.39 is 0 Å². The number of rotatable bonds is 9. The van der Waals surface area contributed by atoms with Crippen LogP contribution in [-0.2, 0) is 11.3 Å². The van der Waals surface area contributed by atoms with Crippen molar-refractivity contribution in [3.8, 4) is 5.69 Å². The minimum Gasteiger partial charge on any atom is -0.352 e. The lowest BCUT2D eigenvalue weighted by Gasteiger charge is -2.11. The fraction of sp³-hybridized carbons (Fsp3) is 0.125. The summed E-state index contributed by atoms with van der Waals surface area (Å²) in [6, 6.07) is 29.7. The van der Waals surface area contributed by atoms with Crippen LogP contribution in [0.3, 0.4) is 0 Å². The van der Waals surface area contributed by atoms with Gasteiger partial charge in [-0.2, -0.15) is 0 Å². The van der Waals surface area contributed by atoms with E-state index in [0.717, 1.165) is 22.1 Å². The Hall–Kier alpha value is -3.58. The molecule has 0 aliphatic rings. The molecule has 0 saturated carbocycles. The molecule has 1 amide bonds. The van der Waals surface area contributed by atoms with Gasteiger partial charge >= 0.3 is 0 Å². The summed E-state index contributed by atoms with van der Waals surface area (Å²) in [6.07, 6.45) is 0.403. The third-order valence-corrected chi connectivity index (χ3v) is 5.50. The zero-order valence-corrected chi connectivity index (χ0v) is 17.8. The molecule has 1 heterocycles. The van der Waals surface area contributed by atoms with Crippen molar-refractivity contribution in [3.63, 3.8) is 0 Å². The molecule has 0 unspecified atom stereocenters. The van der Waals surface area contributed by atoms with Crippen LogP contribution >= 0.6 is 11.8 Å². The van der Waals surface area contributed by atoms with Crippen molar-refractivity contribution < 1.29 is 4.79 Å². The lowest BCUT2D eigenvalue weighted by molar-refractivity contribution is -0.120. The number of thioether (sulfide) groups is 1. The van der Waals surface area contributed by atoms with Gasteiger partial charge in [0.15, 0.2) is 5.16 Å². The second kappa shape index (κ2) is 10.4. The summed E-state index contributed by atoms with van der Waals surface area (Å²) < 4.78 is 1.97. The van der Waals surface area contributed by atoms with Gasteiger partial charge in [-0.3, -0.25) is 9.36 Å². The average Bonchev–Trinajstić information content (AvgIpc) is 3.22. The normalized spacial score (nSPS) is 10.6. The van der Waals surface area contributed by atoms with Gasteiger partial charge in [-0.25, -0.2) is 0 Å². The highest BCUT2D eigenvalue weighted by Gasteiger charge is 2.15. The van der Waals surface area contributed by atoms with Gasteiger partial charge in [0.25, 0.3) is 0 Å². The van der Waals surface area contributed by atoms with E-state index in [2.05, 4.69) is 20.8 Å². The van der Waals surface area contributed by atoms with Crippen LogP contribution in [-0.4, -0.2) is 26.4 Å². The van der Waals surface area contributed by atoms with Crippen molar-refractivity contribution >= 4 is 29.3 Å². The van der Waals surface area contributed by atoms with Crippen LogP contribution in [0.1, 0.15) is 12.0 Å². The number of nitrogens with one attached hydrogen (secondary N) is 2. The van der Waals surface area contributed by atoms with E-state index in [1.807, 2.05) is 95.6 Å². The average molecular weight is 430 g/mol. The molecule has 31 heavy (non-hydrogen) atoms. The number of anilines is 2. The zero-order valence-electron chi connectivity index (χ0n) is 16.9. The molecule has 2 N–H and O–H groups in total. The monoisotopic (exact) mass is 429 g/mol. The number of carbonyl (C=O) groups excluding carboxylic acids is 1. The Morgan fingerprint density at radius 2 is 1.48 bits per heavy atom. The number of nitrogens with zero attached hydrogens (tertiary/aromatic N) is 3. The molecule has 6 nitrogen and oxygen atoms in total. The predicted molar refractivity (Wildman–Crippen MR) is 125 cm³/mol. The summed E-state index contributed by atoms with van der Waals surface area (Å²) in [4.78, 5) is 12.2. The minimum atomic E-state index is 0.0183. The molecule has 0 fully saturated rings. The highest BCUT2D eigenvalue weighted by molar-refractivity contribution is 7.99. The maximum atomic E-state index is 12.2. The Morgan fingerprint density at radius 3 is 2.19 bits per heavy atom. The Balaban J connectivity index is 1.41. The predicted octanol–water partition coefficient (Wildman–Crippen LogP) is 4.81. The molecule has 1 aromatic heterocycles. The molecule has 0 radical (unpaired) electrons. The van der Waals surface area contributed by atoms with Gasteiger partial charge in [0.1, 0.15) is 0 Å². The number of benzene rings is 3. The third kappa shape index (κ3) is 5.73. The molecule has 4 rings (SSSR count). The molecule has 3 aromatic carbocycles. The van der Waals surface area contributed by atoms with Crippen LogP contribution in [0.4, 0.5) is 11.6 Å². The van der Waals surface area contributed by atoms with E-state index in [1.165, 1.54) is 11.8 Å². The number of hydrogen-bond donors (Lipinski definition) is 2. The summed E-state index contributed by atoms with van der Waals surface area (Å²) in [5, 5.41) is 15.7. The van der Waals surface area contributed by atoms with E-state index in [9.17, 15) is 4.79 Å². The second-order valence-corrected chi connectivity index (χ2v) is 7.89. The molecule has 0 spiro atoms. The van der Waals surface area contributed by atoms with Crippen molar-refractivity contribution in [3.05, 3.63) is 96.6 Å². The zero-order chi connectivity index (χ0) is 21.3. The van der Waals surface area contributed by atoms with Gasteiger partial charge in [-0.05, 0) is 29.8 Å². The SMILES string of the molecule is O=C(CCSc1nnc(Nc2ccccc2)n1-c1ccccc1)NCc1ccccc1. The molecule has 0 bridgehead atoms. The molecule has 7 heteroatoms. The second-order valence-electron chi connectivity index (χ2n) is 6.83. The first-order valence-electron chi connectivity index (χ1n) is 10.1. The van der Waals surface area contributed by atoms with Crippen LogP contribution < -0.4 is 10.6 Å². The van der Waals surface area contributed by atoms with Crippen molar-refractivity contribution in [2.75, 3.05) is 11.1 Å². The summed E-state index contributed by atoms with van der Waals surface area (Å²) in [5.74, 6) is 1.26. The summed E-state index contributed by atoms with van der Waals surface area (Å²) in [7, 11) is 0. The van der Waals surface area contributed by atoms with Gasteiger partial charge in [-0.15, -0.1) is 10.2 Å². The molecule has 0 aliphatic heterocycles.